The number of hydrogen-bond donors (Lipinski definition) is 1. The number of halogens is 1. The second kappa shape index (κ2) is 7.38. The van der Waals surface area contributed by atoms with E-state index in [9.17, 15) is 13.2 Å². The van der Waals surface area contributed by atoms with E-state index < -0.39 is 9.84 Å². The molecule has 1 aromatic carbocycles. The Balaban J connectivity index is 1.11. The van der Waals surface area contributed by atoms with E-state index in [1.54, 1.807) is 18.2 Å². The minimum atomic E-state index is -3.07. The molecule has 1 amide bonds. The number of nitrogens with zero attached hydrogens (tertiary/aromatic N) is 1. The largest absolute Gasteiger partial charge is 0.456 e. The van der Waals surface area contributed by atoms with Gasteiger partial charge in [0, 0.05) is 29.7 Å². The number of benzene rings is 1. The van der Waals surface area contributed by atoms with Gasteiger partial charge in [-0.05, 0) is 61.4 Å². The molecule has 2 aliphatic carbocycles. The van der Waals surface area contributed by atoms with Gasteiger partial charge in [0.1, 0.15) is 21.1 Å². The van der Waals surface area contributed by atoms with Crippen LogP contribution >= 0.6 is 11.6 Å². The van der Waals surface area contributed by atoms with Crippen molar-refractivity contribution < 1.29 is 22.0 Å². The number of nitrogens with one attached hydrogen (secondary N) is 1. The van der Waals surface area contributed by atoms with E-state index in [0.29, 0.717) is 16.7 Å². The van der Waals surface area contributed by atoms with E-state index in [2.05, 4.69) is 10.3 Å². The van der Waals surface area contributed by atoms with Crippen molar-refractivity contribution in [3.63, 3.8) is 0 Å². The first kappa shape index (κ1) is 20.6. The van der Waals surface area contributed by atoms with Gasteiger partial charge in [-0.1, -0.05) is 11.6 Å². The van der Waals surface area contributed by atoms with Crippen LogP contribution < -0.4 is 5.32 Å². The summed E-state index contributed by atoms with van der Waals surface area (Å²) >= 11 is 6.02. The molecule has 0 atom stereocenters. The quantitative estimate of drug-likeness (QED) is 0.591. The Kier molecular flexibility index (Phi) is 4.90. The van der Waals surface area contributed by atoms with Crippen LogP contribution in [-0.2, 0) is 16.3 Å². The number of amides is 1. The molecule has 0 radical (unpaired) electrons. The zero-order valence-corrected chi connectivity index (χ0v) is 18.6. The SMILES string of the molecule is CS(=O)(=O)CCc1ccc(C(=O)NC2CC3(C2)CC(c2nc4cc(Cl)ccc4o2)C3)o1. The minimum Gasteiger partial charge on any atom is -0.456 e. The summed E-state index contributed by atoms with van der Waals surface area (Å²) in [7, 11) is -3.07. The van der Waals surface area contributed by atoms with Crippen molar-refractivity contribution >= 4 is 38.4 Å². The monoisotopic (exact) mass is 462 g/mol. The van der Waals surface area contributed by atoms with Crippen molar-refractivity contribution in [2.24, 2.45) is 5.41 Å². The number of oxazole rings is 1. The topological polar surface area (TPSA) is 102 Å². The highest BCUT2D eigenvalue weighted by Crippen LogP contribution is 2.61. The van der Waals surface area contributed by atoms with E-state index in [-0.39, 0.29) is 35.3 Å². The van der Waals surface area contributed by atoms with Gasteiger partial charge in [-0.15, -0.1) is 0 Å². The van der Waals surface area contributed by atoms with Crippen LogP contribution in [0.4, 0.5) is 0 Å². The molecule has 2 fully saturated rings. The van der Waals surface area contributed by atoms with E-state index >= 15 is 0 Å². The number of aryl methyl sites for hydroxylation is 1. The van der Waals surface area contributed by atoms with Crippen molar-refractivity contribution in [3.05, 3.63) is 52.8 Å². The van der Waals surface area contributed by atoms with Crippen molar-refractivity contribution in [1.82, 2.24) is 10.3 Å². The highest BCUT2D eigenvalue weighted by Gasteiger charge is 2.54. The molecule has 2 aliphatic rings. The number of carbonyl (C=O) groups is 1. The van der Waals surface area contributed by atoms with Crippen molar-refractivity contribution in [2.45, 2.75) is 44.1 Å². The van der Waals surface area contributed by atoms with Gasteiger partial charge in [-0.3, -0.25) is 4.79 Å². The highest BCUT2D eigenvalue weighted by molar-refractivity contribution is 7.90. The van der Waals surface area contributed by atoms with Crippen LogP contribution in [0.15, 0.2) is 39.2 Å². The van der Waals surface area contributed by atoms with Crippen molar-refractivity contribution in [2.75, 3.05) is 12.0 Å². The minimum absolute atomic E-state index is 0.00100. The van der Waals surface area contributed by atoms with Gasteiger partial charge < -0.3 is 14.2 Å². The molecule has 0 aliphatic heterocycles. The third-order valence-electron chi connectivity index (χ3n) is 6.37. The third kappa shape index (κ3) is 4.23. The Labute approximate surface area is 185 Å². The summed E-state index contributed by atoms with van der Waals surface area (Å²) in [5.74, 6) is 1.55. The summed E-state index contributed by atoms with van der Waals surface area (Å²) in [5, 5.41) is 3.67. The zero-order chi connectivity index (χ0) is 21.8. The molecule has 0 saturated heterocycles. The lowest BCUT2D eigenvalue weighted by atomic mass is 9.50. The fourth-order valence-electron chi connectivity index (χ4n) is 4.85. The van der Waals surface area contributed by atoms with Crippen LogP contribution in [0.3, 0.4) is 0 Å². The summed E-state index contributed by atoms with van der Waals surface area (Å²) in [6.07, 6.45) is 5.33. The lowest BCUT2D eigenvalue weighted by Crippen LogP contribution is -2.55. The first-order valence-corrected chi connectivity index (χ1v) is 12.8. The summed E-state index contributed by atoms with van der Waals surface area (Å²) in [6.45, 7) is 0. The molecule has 7 nitrogen and oxygen atoms in total. The average Bonchev–Trinajstić information content (AvgIpc) is 3.26. The second-order valence-corrected chi connectivity index (χ2v) is 11.7. The molecule has 164 valence electrons. The van der Waals surface area contributed by atoms with E-state index in [4.69, 9.17) is 20.4 Å². The second-order valence-electron chi connectivity index (χ2n) is 8.99. The van der Waals surface area contributed by atoms with Gasteiger partial charge in [0.2, 0.25) is 0 Å². The fraction of sp³-hybridized carbons (Fsp3) is 0.455. The number of carbonyl (C=O) groups excluding carboxylic acids is 1. The summed E-state index contributed by atoms with van der Waals surface area (Å²) in [4.78, 5) is 17.0. The Bertz CT molecular complexity index is 1250. The molecule has 2 aromatic heterocycles. The van der Waals surface area contributed by atoms with Crippen LogP contribution in [0.1, 0.15) is 53.8 Å². The lowest BCUT2D eigenvalue weighted by molar-refractivity contribution is -0.0256. The van der Waals surface area contributed by atoms with Crippen LogP contribution in [-0.4, -0.2) is 37.4 Å². The van der Waals surface area contributed by atoms with E-state index in [1.807, 2.05) is 12.1 Å². The lowest BCUT2D eigenvalue weighted by Gasteiger charge is -2.57. The Morgan fingerprint density at radius 2 is 1.97 bits per heavy atom. The van der Waals surface area contributed by atoms with Crippen LogP contribution in [0.25, 0.3) is 11.1 Å². The molecule has 5 rings (SSSR count). The van der Waals surface area contributed by atoms with E-state index in [0.717, 1.165) is 42.7 Å². The standard InChI is InChI=1S/C22H23ClN2O5S/c1-31(27,28)7-6-16-3-5-19(29-16)20(26)24-15-11-22(12-15)9-13(10-22)21-25-17-8-14(23)2-4-18(17)30-21/h2-5,8,13,15H,6-7,9-12H2,1H3,(H,24,26). The number of furan rings is 1. The van der Waals surface area contributed by atoms with Crippen LogP contribution in [0.2, 0.25) is 5.02 Å². The third-order valence-corrected chi connectivity index (χ3v) is 7.55. The summed E-state index contributed by atoms with van der Waals surface area (Å²) in [5.41, 5.74) is 1.80. The maximum absolute atomic E-state index is 12.4. The molecule has 2 heterocycles. The highest BCUT2D eigenvalue weighted by atomic mass is 35.5. The number of fused-ring (bicyclic) bond motifs is 1. The number of aromatic nitrogens is 1. The zero-order valence-electron chi connectivity index (χ0n) is 17.1. The smallest absolute Gasteiger partial charge is 0.287 e. The van der Waals surface area contributed by atoms with Gasteiger partial charge in [0.25, 0.3) is 5.91 Å². The molecule has 0 unspecified atom stereocenters. The normalized spacial score (nSPS) is 25.4. The molecule has 31 heavy (non-hydrogen) atoms. The number of sulfone groups is 1. The first-order chi connectivity index (χ1) is 14.7. The van der Waals surface area contributed by atoms with Crippen LogP contribution in [0.5, 0.6) is 0 Å². The Morgan fingerprint density at radius 1 is 1.19 bits per heavy atom. The summed E-state index contributed by atoms with van der Waals surface area (Å²) < 4.78 is 33.9. The van der Waals surface area contributed by atoms with Crippen LogP contribution in [0, 0.1) is 5.41 Å². The fourth-order valence-corrected chi connectivity index (χ4v) is 5.59. The Morgan fingerprint density at radius 3 is 2.71 bits per heavy atom. The molecular formula is C22H23ClN2O5S. The molecule has 1 N–H and O–H groups in total. The number of hydrogen-bond acceptors (Lipinski definition) is 6. The Hall–Kier alpha value is -2.32. The van der Waals surface area contributed by atoms with Gasteiger partial charge >= 0.3 is 0 Å². The maximum Gasteiger partial charge on any atom is 0.287 e. The first-order valence-electron chi connectivity index (χ1n) is 10.3. The van der Waals surface area contributed by atoms with Crippen molar-refractivity contribution in [1.29, 1.82) is 0 Å². The molecular weight excluding hydrogens is 440 g/mol. The average molecular weight is 463 g/mol. The maximum atomic E-state index is 12.4. The number of rotatable bonds is 6. The van der Waals surface area contributed by atoms with E-state index in [1.165, 1.54) is 6.26 Å². The molecule has 2 saturated carbocycles. The summed E-state index contributed by atoms with van der Waals surface area (Å²) in [6, 6.07) is 8.84. The molecule has 0 bridgehead atoms. The molecule has 9 heteroatoms. The molecule has 3 aromatic rings. The van der Waals surface area contributed by atoms with Crippen molar-refractivity contribution in [3.8, 4) is 0 Å². The van der Waals surface area contributed by atoms with Gasteiger partial charge in [-0.25, -0.2) is 13.4 Å². The predicted molar refractivity (Wildman–Crippen MR) is 116 cm³/mol. The van der Waals surface area contributed by atoms with Gasteiger partial charge in [0.05, 0.1) is 5.75 Å². The van der Waals surface area contributed by atoms with Gasteiger partial charge in [-0.2, -0.15) is 0 Å². The predicted octanol–water partition coefficient (Wildman–Crippen LogP) is 4.12. The van der Waals surface area contributed by atoms with Gasteiger partial charge in [0.15, 0.2) is 17.2 Å². The molecule has 1 spiro atoms.